The molecule has 1 aliphatic rings. The molecule has 136 valence electrons. The standard InChI is InChI=1S/C22H26N2O2/c1-15(2)18-9-11-20(12-10-18)23(17(4)25)14-22(26)24-16(3)13-19-7-5-6-8-21(19)24/h5-12,15-16H,13-14H2,1-4H3. The van der Waals surface area contributed by atoms with Crippen molar-refractivity contribution >= 4 is 23.2 Å². The summed E-state index contributed by atoms with van der Waals surface area (Å²) in [5.41, 5.74) is 4.12. The predicted molar refractivity (Wildman–Crippen MR) is 106 cm³/mol. The van der Waals surface area contributed by atoms with Crippen LogP contribution in [-0.2, 0) is 16.0 Å². The van der Waals surface area contributed by atoms with Crippen LogP contribution in [0.1, 0.15) is 44.7 Å². The van der Waals surface area contributed by atoms with E-state index in [1.807, 2.05) is 54.3 Å². The summed E-state index contributed by atoms with van der Waals surface area (Å²) >= 11 is 0. The highest BCUT2D eigenvalue weighted by Crippen LogP contribution is 2.32. The first-order chi connectivity index (χ1) is 12.4. The molecular weight excluding hydrogens is 324 g/mol. The van der Waals surface area contributed by atoms with Crippen molar-refractivity contribution in [2.45, 2.75) is 46.1 Å². The Morgan fingerprint density at radius 3 is 2.38 bits per heavy atom. The monoisotopic (exact) mass is 350 g/mol. The number of nitrogens with zero attached hydrogens (tertiary/aromatic N) is 2. The van der Waals surface area contributed by atoms with E-state index in [0.29, 0.717) is 5.92 Å². The van der Waals surface area contributed by atoms with E-state index < -0.39 is 0 Å². The summed E-state index contributed by atoms with van der Waals surface area (Å²) in [5, 5.41) is 0. The predicted octanol–water partition coefficient (Wildman–Crippen LogP) is 4.14. The summed E-state index contributed by atoms with van der Waals surface area (Å²) in [6.07, 6.45) is 0.852. The van der Waals surface area contributed by atoms with Crippen molar-refractivity contribution in [1.29, 1.82) is 0 Å². The van der Waals surface area contributed by atoms with Crippen LogP contribution in [0.15, 0.2) is 48.5 Å². The van der Waals surface area contributed by atoms with Crippen molar-refractivity contribution in [2.24, 2.45) is 0 Å². The Morgan fingerprint density at radius 1 is 1.12 bits per heavy atom. The van der Waals surface area contributed by atoms with Gasteiger partial charge in [-0.3, -0.25) is 9.59 Å². The lowest BCUT2D eigenvalue weighted by Gasteiger charge is -2.27. The van der Waals surface area contributed by atoms with Gasteiger partial charge in [-0.1, -0.05) is 44.2 Å². The quantitative estimate of drug-likeness (QED) is 0.831. The van der Waals surface area contributed by atoms with Crippen LogP contribution in [0.3, 0.4) is 0 Å². The maximum Gasteiger partial charge on any atom is 0.247 e. The Labute approximate surface area is 155 Å². The third-order valence-corrected chi connectivity index (χ3v) is 5.02. The van der Waals surface area contributed by atoms with Gasteiger partial charge in [0.1, 0.15) is 6.54 Å². The van der Waals surface area contributed by atoms with E-state index in [-0.39, 0.29) is 24.4 Å². The lowest BCUT2D eigenvalue weighted by atomic mass is 10.0. The van der Waals surface area contributed by atoms with Crippen molar-refractivity contribution in [3.05, 3.63) is 59.7 Å². The average Bonchev–Trinajstić information content (AvgIpc) is 2.95. The number of carbonyl (C=O) groups excluding carboxylic acids is 2. The van der Waals surface area contributed by atoms with Crippen molar-refractivity contribution in [1.82, 2.24) is 0 Å². The molecule has 0 fully saturated rings. The number of carbonyl (C=O) groups is 2. The Balaban J connectivity index is 1.82. The van der Waals surface area contributed by atoms with E-state index in [2.05, 4.69) is 19.9 Å². The first kappa shape index (κ1) is 18.2. The molecule has 1 heterocycles. The molecule has 26 heavy (non-hydrogen) atoms. The Bertz CT molecular complexity index is 811. The molecule has 0 aromatic heterocycles. The smallest absolute Gasteiger partial charge is 0.247 e. The normalized spacial score (nSPS) is 15.9. The van der Waals surface area contributed by atoms with Gasteiger partial charge in [0, 0.05) is 24.3 Å². The van der Waals surface area contributed by atoms with Gasteiger partial charge >= 0.3 is 0 Å². The van der Waals surface area contributed by atoms with Crippen LogP contribution in [0, 0.1) is 0 Å². The Hall–Kier alpha value is -2.62. The third kappa shape index (κ3) is 3.50. The van der Waals surface area contributed by atoms with Crippen molar-refractivity contribution in [3.8, 4) is 0 Å². The molecule has 0 spiro atoms. The minimum absolute atomic E-state index is 0.0504. The fourth-order valence-corrected chi connectivity index (χ4v) is 3.58. The fraction of sp³-hybridized carbons (Fsp3) is 0.364. The topological polar surface area (TPSA) is 40.6 Å². The Morgan fingerprint density at radius 2 is 1.77 bits per heavy atom. The molecule has 4 nitrogen and oxygen atoms in total. The van der Waals surface area contributed by atoms with Crippen molar-refractivity contribution < 1.29 is 9.59 Å². The number of hydrogen-bond acceptors (Lipinski definition) is 2. The number of hydrogen-bond donors (Lipinski definition) is 0. The van der Waals surface area contributed by atoms with Crippen LogP contribution in [0.4, 0.5) is 11.4 Å². The van der Waals surface area contributed by atoms with Gasteiger partial charge in [0.15, 0.2) is 0 Å². The van der Waals surface area contributed by atoms with Gasteiger partial charge in [-0.15, -0.1) is 0 Å². The van der Waals surface area contributed by atoms with E-state index in [0.717, 1.165) is 17.8 Å². The second-order valence-corrected chi connectivity index (χ2v) is 7.30. The number of fused-ring (bicyclic) bond motifs is 1. The maximum atomic E-state index is 13.0. The molecule has 0 radical (unpaired) electrons. The highest BCUT2D eigenvalue weighted by molar-refractivity contribution is 6.04. The summed E-state index contributed by atoms with van der Waals surface area (Å²) in [6.45, 7) is 7.87. The second-order valence-electron chi connectivity index (χ2n) is 7.30. The highest BCUT2D eigenvalue weighted by atomic mass is 16.2. The highest BCUT2D eigenvalue weighted by Gasteiger charge is 2.32. The van der Waals surface area contributed by atoms with Gasteiger partial charge in [0.25, 0.3) is 0 Å². The summed E-state index contributed by atoms with van der Waals surface area (Å²) < 4.78 is 0. The molecule has 1 unspecified atom stereocenters. The van der Waals surface area contributed by atoms with Crippen LogP contribution >= 0.6 is 0 Å². The molecule has 0 N–H and O–H groups in total. The maximum absolute atomic E-state index is 13.0. The molecule has 2 aromatic rings. The zero-order valence-corrected chi connectivity index (χ0v) is 15.9. The number of benzene rings is 2. The molecule has 0 saturated heterocycles. The molecule has 1 aliphatic heterocycles. The largest absolute Gasteiger partial charge is 0.307 e. The van der Waals surface area contributed by atoms with Crippen LogP contribution in [-0.4, -0.2) is 24.4 Å². The minimum Gasteiger partial charge on any atom is -0.307 e. The van der Waals surface area contributed by atoms with Crippen LogP contribution in [0.5, 0.6) is 0 Å². The van der Waals surface area contributed by atoms with Crippen LogP contribution in [0.25, 0.3) is 0 Å². The molecule has 4 heteroatoms. The summed E-state index contributed by atoms with van der Waals surface area (Å²) in [6, 6.07) is 16.0. The van der Waals surface area contributed by atoms with Gasteiger partial charge in [-0.25, -0.2) is 0 Å². The van der Waals surface area contributed by atoms with Crippen LogP contribution in [0.2, 0.25) is 0 Å². The zero-order valence-electron chi connectivity index (χ0n) is 15.9. The molecule has 2 aromatic carbocycles. The molecule has 2 amide bonds. The average molecular weight is 350 g/mol. The van der Waals surface area contributed by atoms with E-state index in [1.54, 1.807) is 4.90 Å². The summed E-state index contributed by atoms with van der Waals surface area (Å²) in [5.74, 6) is 0.250. The van der Waals surface area contributed by atoms with E-state index in [1.165, 1.54) is 18.1 Å². The van der Waals surface area contributed by atoms with Gasteiger partial charge in [0.2, 0.25) is 11.8 Å². The lowest BCUT2D eigenvalue weighted by molar-refractivity contribution is -0.121. The van der Waals surface area contributed by atoms with Gasteiger partial charge in [0.05, 0.1) is 0 Å². The second kappa shape index (κ2) is 7.32. The van der Waals surface area contributed by atoms with Gasteiger partial charge in [-0.2, -0.15) is 0 Å². The lowest BCUT2D eigenvalue weighted by Crippen LogP contribution is -2.44. The number of rotatable bonds is 4. The van der Waals surface area contributed by atoms with Gasteiger partial charge < -0.3 is 9.80 Å². The molecular formula is C22H26N2O2. The fourth-order valence-electron chi connectivity index (χ4n) is 3.58. The molecule has 0 aliphatic carbocycles. The van der Waals surface area contributed by atoms with Crippen molar-refractivity contribution in [2.75, 3.05) is 16.3 Å². The summed E-state index contributed by atoms with van der Waals surface area (Å²) in [7, 11) is 0. The SMILES string of the molecule is CC(=O)N(CC(=O)N1c2ccccc2CC1C)c1ccc(C(C)C)cc1. The minimum atomic E-state index is -0.129. The number of amides is 2. The molecule has 0 bridgehead atoms. The molecule has 3 rings (SSSR count). The zero-order chi connectivity index (χ0) is 18.8. The Kier molecular flexibility index (Phi) is 5.12. The van der Waals surface area contributed by atoms with E-state index in [9.17, 15) is 9.59 Å². The third-order valence-electron chi connectivity index (χ3n) is 5.02. The van der Waals surface area contributed by atoms with Crippen LogP contribution < -0.4 is 9.80 Å². The van der Waals surface area contributed by atoms with Gasteiger partial charge in [-0.05, 0) is 48.6 Å². The number of para-hydroxylation sites is 1. The van der Waals surface area contributed by atoms with E-state index in [4.69, 9.17) is 0 Å². The molecule has 0 saturated carbocycles. The first-order valence-corrected chi connectivity index (χ1v) is 9.16. The van der Waals surface area contributed by atoms with Crippen molar-refractivity contribution in [3.63, 3.8) is 0 Å². The van der Waals surface area contributed by atoms with E-state index >= 15 is 0 Å². The first-order valence-electron chi connectivity index (χ1n) is 9.16. The number of anilines is 2. The molecule has 1 atom stereocenters. The summed E-state index contributed by atoms with van der Waals surface area (Å²) in [4.78, 5) is 28.6.